The Hall–Kier alpha value is -1.07. The van der Waals surface area contributed by atoms with Gasteiger partial charge in [0.2, 0.25) is 0 Å². The van der Waals surface area contributed by atoms with Crippen LogP contribution in [0.3, 0.4) is 0 Å². The van der Waals surface area contributed by atoms with Gasteiger partial charge in [-0.25, -0.2) is 4.79 Å². The Kier molecular flexibility index (Phi) is 11.5. The van der Waals surface area contributed by atoms with E-state index < -0.39 is 0 Å². The van der Waals surface area contributed by atoms with Crippen molar-refractivity contribution < 1.29 is 19.0 Å². The first-order chi connectivity index (χ1) is 19.2. The zero-order valence-electron chi connectivity index (χ0n) is 26.8. The number of fused-ring (bicyclic) bond motifs is 5. The molecular formula is C35H61NO4. The SMILES string of the molecule is CCOCCOCCCNC(=O)O[C@H]1CC[C@@]2(C)C(=CCC3C4CCC([C@@H](C)CCCC(C)C)[C@@]4(C)CCC32)C1. The topological polar surface area (TPSA) is 56.8 Å². The van der Waals surface area contributed by atoms with Crippen LogP contribution in [-0.4, -0.2) is 45.2 Å². The molecule has 40 heavy (non-hydrogen) atoms. The molecule has 1 amide bonds. The van der Waals surface area contributed by atoms with Crippen LogP contribution in [0.2, 0.25) is 0 Å². The maximum Gasteiger partial charge on any atom is 0.407 e. The van der Waals surface area contributed by atoms with Crippen LogP contribution in [0.5, 0.6) is 0 Å². The zero-order valence-corrected chi connectivity index (χ0v) is 26.8. The summed E-state index contributed by atoms with van der Waals surface area (Å²) < 4.78 is 16.7. The number of carbonyl (C=O) groups is 1. The van der Waals surface area contributed by atoms with Gasteiger partial charge in [-0.2, -0.15) is 0 Å². The van der Waals surface area contributed by atoms with E-state index >= 15 is 0 Å². The van der Waals surface area contributed by atoms with Gasteiger partial charge >= 0.3 is 6.09 Å². The Morgan fingerprint density at radius 2 is 1.77 bits per heavy atom. The van der Waals surface area contributed by atoms with E-state index in [4.69, 9.17) is 14.2 Å². The fraction of sp³-hybridized carbons (Fsp3) is 0.914. The molecule has 3 saturated carbocycles. The van der Waals surface area contributed by atoms with E-state index in [1.54, 1.807) is 5.57 Å². The second-order valence-corrected chi connectivity index (χ2v) is 14.6. The minimum atomic E-state index is -0.273. The third-order valence-corrected chi connectivity index (χ3v) is 11.8. The molecule has 230 valence electrons. The number of nitrogens with one attached hydrogen (secondary N) is 1. The van der Waals surface area contributed by atoms with Crippen LogP contribution in [0.4, 0.5) is 4.79 Å². The molecular weight excluding hydrogens is 498 g/mol. The Morgan fingerprint density at radius 1 is 0.975 bits per heavy atom. The lowest BCUT2D eigenvalue weighted by Crippen LogP contribution is -2.51. The van der Waals surface area contributed by atoms with E-state index in [-0.39, 0.29) is 12.2 Å². The molecule has 0 bridgehead atoms. The molecule has 5 heteroatoms. The first kappa shape index (κ1) is 31.9. The van der Waals surface area contributed by atoms with Crippen molar-refractivity contribution in [3.8, 4) is 0 Å². The monoisotopic (exact) mass is 559 g/mol. The Morgan fingerprint density at radius 3 is 2.55 bits per heavy atom. The lowest BCUT2D eigenvalue weighted by atomic mass is 9.47. The average Bonchev–Trinajstić information content (AvgIpc) is 3.27. The van der Waals surface area contributed by atoms with Crippen molar-refractivity contribution in [2.45, 2.75) is 125 Å². The summed E-state index contributed by atoms with van der Waals surface area (Å²) in [5.74, 6) is 5.14. The average molecular weight is 560 g/mol. The highest BCUT2D eigenvalue weighted by atomic mass is 16.6. The molecule has 3 fully saturated rings. The van der Waals surface area contributed by atoms with Gasteiger partial charge in [0.1, 0.15) is 6.10 Å². The molecule has 0 spiro atoms. The minimum Gasteiger partial charge on any atom is -0.446 e. The maximum atomic E-state index is 12.5. The molecule has 4 aliphatic carbocycles. The number of amides is 1. The van der Waals surface area contributed by atoms with Gasteiger partial charge < -0.3 is 19.5 Å². The molecule has 4 rings (SSSR count). The molecule has 0 radical (unpaired) electrons. The Balaban J connectivity index is 1.26. The standard InChI is InChI=1S/C35H61NO4/c1-7-38-22-23-39-21-9-20-36-33(37)40-28-16-18-34(5)27(24-28)12-13-29-31-15-14-30(26(4)11-8-10-25(2)3)35(31,6)19-17-32(29)34/h12,25-26,28-32H,7-11,13-24H2,1-6H3,(H,36,37)/t26-,28-,29?,30?,31?,32?,34-,35+/m0/s1. The second-order valence-electron chi connectivity index (χ2n) is 14.6. The lowest BCUT2D eigenvalue weighted by Gasteiger charge is -2.58. The van der Waals surface area contributed by atoms with E-state index in [0.717, 1.165) is 61.2 Å². The predicted octanol–water partition coefficient (Wildman–Crippen LogP) is 8.57. The summed E-state index contributed by atoms with van der Waals surface area (Å²) in [4.78, 5) is 12.5. The largest absolute Gasteiger partial charge is 0.446 e. The highest BCUT2D eigenvalue weighted by molar-refractivity contribution is 5.67. The minimum absolute atomic E-state index is 0.00900. The van der Waals surface area contributed by atoms with Gasteiger partial charge in [0, 0.05) is 26.2 Å². The first-order valence-electron chi connectivity index (χ1n) is 17.0. The molecule has 8 atom stereocenters. The summed E-state index contributed by atoms with van der Waals surface area (Å²) >= 11 is 0. The van der Waals surface area contributed by atoms with E-state index in [0.29, 0.717) is 43.8 Å². The third kappa shape index (κ3) is 7.28. The fourth-order valence-corrected chi connectivity index (χ4v) is 9.67. The first-order valence-corrected chi connectivity index (χ1v) is 17.0. The summed E-state index contributed by atoms with van der Waals surface area (Å²) in [6, 6.07) is 0. The van der Waals surface area contributed by atoms with Crippen molar-refractivity contribution in [2.24, 2.45) is 46.3 Å². The van der Waals surface area contributed by atoms with Gasteiger partial charge in [-0.3, -0.25) is 0 Å². The van der Waals surface area contributed by atoms with Gasteiger partial charge in [-0.15, -0.1) is 0 Å². The molecule has 4 aliphatic rings. The van der Waals surface area contributed by atoms with Crippen molar-refractivity contribution in [2.75, 3.05) is 33.0 Å². The van der Waals surface area contributed by atoms with Crippen LogP contribution in [-0.2, 0) is 14.2 Å². The second kappa shape index (κ2) is 14.4. The van der Waals surface area contributed by atoms with Crippen LogP contribution in [0.1, 0.15) is 119 Å². The zero-order chi connectivity index (χ0) is 28.8. The van der Waals surface area contributed by atoms with Crippen LogP contribution in [0, 0.1) is 46.3 Å². The van der Waals surface area contributed by atoms with Crippen molar-refractivity contribution in [3.05, 3.63) is 11.6 Å². The Bertz CT molecular complexity index is 841. The maximum absolute atomic E-state index is 12.5. The number of carbonyl (C=O) groups excluding carboxylic acids is 1. The number of alkyl carbamates (subject to hydrolysis) is 1. The number of rotatable bonds is 14. The highest BCUT2D eigenvalue weighted by Gasteiger charge is 2.59. The normalized spacial score (nSPS) is 35.9. The van der Waals surface area contributed by atoms with Crippen LogP contribution >= 0.6 is 0 Å². The van der Waals surface area contributed by atoms with Crippen LogP contribution < -0.4 is 5.32 Å². The number of hydrogen-bond donors (Lipinski definition) is 1. The number of ether oxygens (including phenoxy) is 3. The molecule has 1 N–H and O–H groups in total. The van der Waals surface area contributed by atoms with Gasteiger partial charge in [0.15, 0.2) is 0 Å². The molecule has 4 unspecified atom stereocenters. The predicted molar refractivity (Wildman–Crippen MR) is 163 cm³/mol. The highest BCUT2D eigenvalue weighted by Crippen LogP contribution is 2.67. The van der Waals surface area contributed by atoms with Crippen LogP contribution in [0.25, 0.3) is 0 Å². The van der Waals surface area contributed by atoms with Gasteiger partial charge in [0.25, 0.3) is 0 Å². The number of hydrogen-bond acceptors (Lipinski definition) is 4. The van der Waals surface area contributed by atoms with E-state index in [1.165, 1.54) is 51.4 Å². The van der Waals surface area contributed by atoms with Crippen molar-refractivity contribution in [3.63, 3.8) is 0 Å². The third-order valence-electron chi connectivity index (χ3n) is 11.8. The fourth-order valence-electron chi connectivity index (χ4n) is 9.67. The Labute approximate surface area is 245 Å². The van der Waals surface area contributed by atoms with E-state index in [2.05, 4.69) is 46.0 Å². The van der Waals surface area contributed by atoms with E-state index in [1.807, 2.05) is 6.92 Å². The molecule has 0 aromatic carbocycles. The van der Waals surface area contributed by atoms with Crippen LogP contribution in [0.15, 0.2) is 11.6 Å². The molecule has 0 heterocycles. The quantitative estimate of drug-likeness (QED) is 0.171. The molecule has 5 nitrogen and oxygen atoms in total. The summed E-state index contributed by atoms with van der Waals surface area (Å²) in [6.07, 6.45) is 17.3. The molecule has 0 aromatic heterocycles. The smallest absolute Gasteiger partial charge is 0.407 e. The van der Waals surface area contributed by atoms with Crippen molar-refractivity contribution in [1.82, 2.24) is 5.32 Å². The summed E-state index contributed by atoms with van der Waals surface area (Å²) in [6.45, 7) is 17.7. The summed E-state index contributed by atoms with van der Waals surface area (Å²) in [7, 11) is 0. The van der Waals surface area contributed by atoms with Crippen molar-refractivity contribution in [1.29, 1.82) is 0 Å². The number of allylic oxidation sites excluding steroid dienone is 1. The lowest BCUT2D eigenvalue weighted by molar-refractivity contribution is -0.0581. The van der Waals surface area contributed by atoms with E-state index in [9.17, 15) is 4.79 Å². The summed E-state index contributed by atoms with van der Waals surface area (Å²) in [5.41, 5.74) is 2.41. The molecule has 0 aromatic rings. The molecule has 0 saturated heterocycles. The summed E-state index contributed by atoms with van der Waals surface area (Å²) in [5, 5.41) is 2.93. The van der Waals surface area contributed by atoms with Gasteiger partial charge in [-0.1, -0.05) is 65.5 Å². The van der Waals surface area contributed by atoms with Gasteiger partial charge in [-0.05, 0) is 105 Å². The van der Waals surface area contributed by atoms with Crippen molar-refractivity contribution >= 4 is 6.09 Å². The molecule has 0 aliphatic heterocycles. The van der Waals surface area contributed by atoms with Gasteiger partial charge in [0.05, 0.1) is 13.2 Å².